The number of esters is 4. The first-order valence-electron chi connectivity index (χ1n) is 40.3. The molecule has 125 heavy (non-hydrogen) atoms. The van der Waals surface area contributed by atoms with Crippen LogP contribution in [0.2, 0.25) is 0 Å². The van der Waals surface area contributed by atoms with E-state index >= 15 is 0 Å². The van der Waals surface area contributed by atoms with E-state index in [0.717, 1.165) is 59.0 Å². The molecule has 1 aromatic heterocycles. The Morgan fingerprint density at radius 1 is 0.344 bits per heavy atom. The van der Waals surface area contributed by atoms with Crippen molar-refractivity contribution >= 4 is 200 Å². The van der Waals surface area contributed by atoms with E-state index in [1.165, 1.54) is 64.2 Å². The summed E-state index contributed by atoms with van der Waals surface area (Å²) in [6.45, 7) is 16.9. The van der Waals surface area contributed by atoms with E-state index in [9.17, 15) is 23.4 Å². The van der Waals surface area contributed by atoms with Crippen molar-refractivity contribution in [3.63, 3.8) is 0 Å². The van der Waals surface area contributed by atoms with E-state index in [1.54, 1.807) is 6.92 Å². The summed E-state index contributed by atoms with van der Waals surface area (Å²) in [5.74, 6) is 3.96. The average Bonchev–Trinajstić information content (AvgIpc) is 1.69. The second-order valence-electron chi connectivity index (χ2n) is 29.5. The molecule has 26 heteroatoms. The summed E-state index contributed by atoms with van der Waals surface area (Å²) in [5.41, 5.74) is 0. The summed E-state index contributed by atoms with van der Waals surface area (Å²) in [7, 11) is -1.96. The maximum Gasteiger partial charge on any atom is 0.321 e. The van der Waals surface area contributed by atoms with Crippen molar-refractivity contribution < 1.29 is 75.5 Å². The molecule has 0 spiro atoms. The maximum atomic E-state index is 13.1. The van der Waals surface area contributed by atoms with Gasteiger partial charge >= 0.3 is 23.9 Å². The smallest absolute Gasteiger partial charge is 0.321 e. The molecule has 0 bridgehead atoms. The molecule has 0 saturated carbocycles. The molecule has 646 valence electrons. The molecule has 16 nitrogen and oxygen atoms in total. The minimum Gasteiger partial charge on any atom is -0.491 e. The number of thiophene rings is 1. The highest BCUT2D eigenvalue weighted by molar-refractivity contribution is 14.1. The van der Waals surface area contributed by atoms with Crippen LogP contribution >= 0.6 is 113 Å². The highest BCUT2D eigenvalue weighted by atomic mass is 127. The Hall–Kier alpha value is -7.87. The number of carbonyl (C=O) groups is 4. The summed E-state index contributed by atoms with van der Waals surface area (Å²) in [5, 5.41) is 2.67. The topological polar surface area (TPSA) is 187 Å². The van der Waals surface area contributed by atoms with Gasteiger partial charge in [0.25, 0.3) is 0 Å². The summed E-state index contributed by atoms with van der Waals surface area (Å²) < 4.78 is 75.0. The standard InChI is InChI=1S/C27H28IO5S.C24H22IO4S2.C24H22IO4S.C24H22IO3S2/c1-20(28)27(29)33-19-17-31-15-14-30-16-18-32-21-10-12-22(13-11-21)34-25-8-4-2-6-23(25)24-7-3-5-9-26(24)34;1-24(2,25)23(26)29-16-15-28-17-11-13-18(14-12-17)30-19-7-3-5-9-21(19)31(27)22-10-6-4-8-20(22)30;2*1-24(2,25)23(26)28-16-15-27-17-11-13-18(14-12-17)30-21-9-5-3-7-19(21)29-20-8-4-6-10-22(20)30/h2-13,20H,14-19H2,1H3;3-14H,15-16H2,1-2H3;2*3-14H,15-16H2,1-2H3/q4*+1. The van der Waals surface area contributed by atoms with Crippen molar-refractivity contribution in [1.82, 2.24) is 0 Å². The number of fused-ring (bicyclic) bond motifs is 9. The van der Waals surface area contributed by atoms with Gasteiger partial charge in [0.05, 0.1) is 56.8 Å². The zero-order valence-corrected chi connectivity index (χ0v) is 83.3. The first-order chi connectivity index (χ1) is 60.4. The lowest BCUT2D eigenvalue weighted by Crippen LogP contribution is -2.28. The van der Waals surface area contributed by atoms with Crippen LogP contribution in [0.3, 0.4) is 0 Å². The van der Waals surface area contributed by atoms with Crippen molar-refractivity contribution in [1.29, 1.82) is 0 Å². The lowest BCUT2D eigenvalue weighted by Gasteiger charge is -2.19. The lowest BCUT2D eigenvalue weighted by molar-refractivity contribution is -0.146. The van der Waals surface area contributed by atoms with Gasteiger partial charge in [-0.05, 0) is 230 Å². The third kappa shape index (κ3) is 25.4. The van der Waals surface area contributed by atoms with Crippen molar-refractivity contribution in [3.8, 4) is 39.4 Å². The summed E-state index contributed by atoms with van der Waals surface area (Å²) >= 11 is 10.1. The monoisotopic (exact) mass is 2240 g/mol. The Labute approximate surface area is 803 Å². The highest BCUT2D eigenvalue weighted by Gasteiger charge is 2.43. The summed E-state index contributed by atoms with van der Waals surface area (Å²) in [4.78, 5) is 63.3. The Balaban J connectivity index is 0.000000143. The van der Waals surface area contributed by atoms with Gasteiger partial charge in [0.2, 0.25) is 9.79 Å². The molecule has 12 aromatic carbocycles. The molecule has 3 aliphatic heterocycles. The fourth-order valence-electron chi connectivity index (χ4n) is 12.9. The van der Waals surface area contributed by atoms with Crippen LogP contribution in [0.5, 0.6) is 34.5 Å². The van der Waals surface area contributed by atoms with Crippen LogP contribution in [0.15, 0.2) is 355 Å². The molecule has 0 radical (unpaired) electrons. The molecule has 0 aliphatic carbocycles. The van der Waals surface area contributed by atoms with Gasteiger partial charge < -0.3 is 52.1 Å². The van der Waals surface area contributed by atoms with Crippen molar-refractivity contribution in [2.24, 2.45) is 0 Å². The number of halogens is 4. The van der Waals surface area contributed by atoms with E-state index in [-0.39, 0.29) is 97.4 Å². The zero-order chi connectivity index (χ0) is 88.0. The van der Waals surface area contributed by atoms with E-state index < -0.39 is 21.1 Å². The number of para-hydroxylation sites is 2. The van der Waals surface area contributed by atoms with Gasteiger partial charge in [-0.3, -0.25) is 19.2 Å². The van der Waals surface area contributed by atoms with Crippen LogP contribution in [0, 0.1) is 0 Å². The average molecular weight is 2240 g/mol. The number of benzene rings is 12. The molecule has 0 fully saturated rings. The third-order valence-electron chi connectivity index (χ3n) is 18.9. The zero-order valence-electron chi connectivity index (χ0n) is 69.8. The fourth-order valence-corrected chi connectivity index (χ4v) is 26.1. The Morgan fingerprint density at radius 2 is 0.632 bits per heavy atom. The van der Waals surface area contributed by atoms with Crippen molar-refractivity contribution in [2.45, 2.75) is 126 Å². The third-order valence-corrected chi connectivity index (χ3v) is 33.2. The van der Waals surface area contributed by atoms with E-state index in [4.69, 9.17) is 52.1 Å². The van der Waals surface area contributed by atoms with Gasteiger partial charge in [-0.2, -0.15) is 0 Å². The molecule has 3 aliphatic rings. The second kappa shape index (κ2) is 45.4. The molecule has 0 N–H and O–H groups in total. The van der Waals surface area contributed by atoms with Crippen molar-refractivity contribution in [3.05, 3.63) is 291 Å². The molecular weight excluding hydrogens is 2150 g/mol. The Kier molecular flexibility index (Phi) is 34.4. The number of rotatable bonds is 30. The van der Waals surface area contributed by atoms with E-state index in [0.29, 0.717) is 52.9 Å². The molecule has 16 rings (SSSR count). The molecule has 1 atom stereocenters. The number of hydrogen-bond donors (Lipinski definition) is 0. The van der Waals surface area contributed by atoms with Crippen LogP contribution in [0.25, 0.3) is 25.1 Å². The minimum absolute atomic E-state index is 0.0900. The Bertz CT molecular complexity index is 5490. The maximum absolute atomic E-state index is 13.1. The predicted molar refractivity (Wildman–Crippen MR) is 534 cm³/mol. The second-order valence-corrected chi connectivity index (χ2v) is 49.8. The normalized spacial score (nSPS) is 13.9. The molecule has 0 saturated heterocycles. The Morgan fingerprint density at radius 3 is 1.02 bits per heavy atom. The SMILES string of the molecule is CC(C)(I)C(=O)OCCOc1ccc([S+]2c3ccccc3Oc3ccccc32)cc1.CC(C)(I)C(=O)OCCOc1ccc([S+]2c3ccccc3S(=O)c3ccccc32)cc1.CC(C)(I)C(=O)OCCOc1ccc([S+]2c3ccccc3Sc3ccccc32)cc1.CC(I)C(=O)OCCOCCOCCOc1ccc(-[s+]2c3ccccc3c3ccccc32)cc1. The summed E-state index contributed by atoms with van der Waals surface area (Å²) in [6, 6.07) is 99.7. The van der Waals surface area contributed by atoms with Gasteiger partial charge in [0.15, 0.2) is 60.1 Å². The van der Waals surface area contributed by atoms with Crippen LogP contribution in [0.1, 0.15) is 48.5 Å². The minimum atomic E-state index is -1.16. The van der Waals surface area contributed by atoms with Crippen LogP contribution in [-0.4, -0.2) is 122 Å². The molecule has 13 aromatic rings. The molecule has 4 heterocycles. The quantitative estimate of drug-likeness (QED) is 0.0103. The van der Waals surface area contributed by atoms with Crippen LogP contribution in [-0.2, 0) is 91.1 Å². The van der Waals surface area contributed by atoms with Crippen LogP contribution in [0.4, 0.5) is 0 Å². The van der Waals surface area contributed by atoms with Gasteiger partial charge in [-0.1, -0.05) is 199 Å². The van der Waals surface area contributed by atoms with Gasteiger partial charge in [-0.25, -0.2) is 4.21 Å². The number of alkyl halides is 4. The van der Waals surface area contributed by atoms with Crippen LogP contribution < -0.4 is 23.7 Å². The fraction of sp³-hybridized carbons (Fsp3) is 0.232. The van der Waals surface area contributed by atoms with Gasteiger partial charge in [0, 0.05) is 33.4 Å². The van der Waals surface area contributed by atoms with Gasteiger partial charge in [0.1, 0.15) is 123 Å². The molecule has 0 amide bonds. The highest BCUT2D eigenvalue weighted by Crippen LogP contribution is 2.52. The van der Waals surface area contributed by atoms with E-state index in [1.807, 2.05) is 197 Å². The first kappa shape index (κ1) is 94.7. The predicted octanol–water partition coefficient (Wildman–Crippen LogP) is 24.3. The lowest BCUT2D eigenvalue weighted by atomic mass is 10.2. The van der Waals surface area contributed by atoms with E-state index in [2.05, 4.69) is 238 Å². The number of hydrogen-bond acceptors (Lipinski definition) is 17. The molecular formula is C99H94I4O16S6+4. The van der Waals surface area contributed by atoms with Crippen molar-refractivity contribution in [2.75, 3.05) is 79.3 Å². The number of ether oxygens (including phenoxy) is 11. The largest absolute Gasteiger partial charge is 0.491 e. The molecule has 1 unspecified atom stereocenters. The number of carbonyl (C=O) groups excluding carboxylic acids is 4. The van der Waals surface area contributed by atoms with Gasteiger partial charge in [-0.15, -0.1) is 0 Å². The first-order valence-corrected chi connectivity index (χ1v) is 51.7. The summed E-state index contributed by atoms with van der Waals surface area (Å²) in [6.07, 6.45) is 0.